The van der Waals surface area contributed by atoms with E-state index in [4.69, 9.17) is 11.6 Å². The van der Waals surface area contributed by atoms with Crippen LogP contribution < -0.4 is 0 Å². The van der Waals surface area contributed by atoms with E-state index in [-0.39, 0.29) is 0 Å². The summed E-state index contributed by atoms with van der Waals surface area (Å²) in [4.78, 5) is 0. The Hall–Kier alpha value is -2.73. The van der Waals surface area contributed by atoms with E-state index < -0.39 is 0 Å². The minimum absolute atomic E-state index is 0.561. The lowest BCUT2D eigenvalue weighted by atomic mass is 10.2. The van der Waals surface area contributed by atoms with Crippen molar-refractivity contribution >= 4 is 17.4 Å². The summed E-state index contributed by atoms with van der Waals surface area (Å²) in [5.41, 5.74) is 1.87. The summed E-state index contributed by atoms with van der Waals surface area (Å²) in [6.45, 7) is 0. The van der Waals surface area contributed by atoms with Crippen LogP contribution in [0.25, 0.3) is 22.9 Å². The number of para-hydroxylation sites is 1. The summed E-state index contributed by atoms with van der Waals surface area (Å²) in [7, 11) is 0. The second kappa shape index (κ2) is 4.68. The molecule has 2 aromatic heterocycles. The summed E-state index contributed by atoms with van der Waals surface area (Å²) in [6.07, 6.45) is 0. The van der Waals surface area contributed by atoms with Gasteiger partial charge < -0.3 is 0 Å². The fourth-order valence-electron chi connectivity index (χ4n) is 2.21. The summed E-state index contributed by atoms with van der Waals surface area (Å²) in [6, 6.07) is 17.3. The monoisotopic (exact) mass is 296 g/mol. The van der Waals surface area contributed by atoms with Crippen LogP contribution in [0.1, 0.15) is 0 Å². The summed E-state index contributed by atoms with van der Waals surface area (Å²) in [5, 5.41) is 16.7. The molecule has 0 amide bonds. The largest absolute Gasteiger partial charge is 0.278 e. The van der Waals surface area contributed by atoms with Crippen molar-refractivity contribution in [3.05, 3.63) is 59.6 Å². The standard InChI is InChI=1S/C14H9ClN6/c15-11-8-6-10(7-9-11)13-17-21-14(16-18-19-21)20(13)12-4-2-1-3-5-12/h1-9H. The van der Waals surface area contributed by atoms with Gasteiger partial charge in [-0.05, 0) is 46.8 Å². The molecule has 0 aliphatic carbocycles. The first-order valence-electron chi connectivity index (χ1n) is 6.31. The highest BCUT2D eigenvalue weighted by atomic mass is 35.5. The van der Waals surface area contributed by atoms with Crippen LogP contribution in [-0.4, -0.2) is 29.8 Å². The molecule has 0 radical (unpaired) electrons. The molecule has 2 aromatic carbocycles. The number of hydrogen-bond acceptors (Lipinski definition) is 4. The molecule has 4 rings (SSSR count). The number of benzene rings is 2. The van der Waals surface area contributed by atoms with Gasteiger partial charge in [0.2, 0.25) is 0 Å². The zero-order valence-electron chi connectivity index (χ0n) is 10.8. The third kappa shape index (κ3) is 1.96. The number of nitrogens with zero attached hydrogens (tertiary/aromatic N) is 6. The minimum Gasteiger partial charge on any atom is -0.258 e. The quantitative estimate of drug-likeness (QED) is 0.570. The van der Waals surface area contributed by atoms with E-state index in [1.165, 1.54) is 4.63 Å². The molecule has 2 heterocycles. The van der Waals surface area contributed by atoms with E-state index in [1.54, 1.807) is 0 Å². The van der Waals surface area contributed by atoms with Crippen molar-refractivity contribution in [2.45, 2.75) is 0 Å². The second-order valence-electron chi connectivity index (χ2n) is 4.47. The van der Waals surface area contributed by atoms with Crippen LogP contribution in [0.4, 0.5) is 0 Å². The normalized spacial score (nSPS) is 11.1. The van der Waals surface area contributed by atoms with Crippen LogP contribution in [0, 0.1) is 0 Å². The Labute approximate surface area is 124 Å². The van der Waals surface area contributed by atoms with Crippen molar-refractivity contribution < 1.29 is 0 Å². The van der Waals surface area contributed by atoms with Gasteiger partial charge in [-0.15, -0.1) is 5.10 Å². The van der Waals surface area contributed by atoms with E-state index in [2.05, 4.69) is 20.6 Å². The Balaban J connectivity index is 2.01. The summed E-state index contributed by atoms with van der Waals surface area (Å²) < 4.78 is 3.32. The molecular formula is C14H9ClN6. The molecule has 6 nitrogen and oxygen atoms in total. The zero-order chi connectivity index (χ0) is 14.2. The van der Waals surface area contributed by atoms with Crippen molar-refractivity contribution in [1.82, 2.24) is 29.8 Å². The lowest BCUT2D eigenvalue weighted by Crippen LogP contribution is -1.98. The summed E-state index contributed by atoms with van der Waals surface area (Å²) in [5.74, 6) is 1.29. The van der Waals surface area contributed by atoms with Gasteiger partial charge in [0.05, 0.1) is 5.69 Å². The highest BCUT2D eigenvalue weighted by Gasteiger charge is 2.16. The first kappa shape index (κ1) is 12.0. The second-order valence-corrected chi connectivity index (χ2v) is 4.91. The molecule has 0 bridgehead atoms. The van der Waals surface area contributed by atoms with Gasteiger partial charge in [0.1, 0.15) is 0 Å². The number of tetrazole rings is 1. The molecule has 4 aromatic rings. The highest BCUT2D eigenvalue weighted by Crippen LogP contribution is 2.24. The molecule has 0 N–H and O–H groups in total. The van der Waals surface area contributed by atoms with Crippen molar-refractivity contribution in [3.63, 3.8) is 0 Å². The Kier molecular flexibility index (Phi) is 2.68. The van der Waals surface area contributed by atoms with Gasteiger partial charge in [-0.25, -0.2) is 0 Å². The lowest BCUT2D eigenvalue weighted by molar-refractivity contribution is 0.744. The molecule has 21 heavy (non-hydrogen) atoms. The van der Waals surface area contributed by atoms with Crippen LogP contribution in [-0.2, 0) is 0 Å². The van der Waals surface area contributed by atoms with Gasteiger partial charge >= 0.3 is 0 Å². The minimum atomic E-state index is 0.561. The van der Waals surface area contributed by atoms with Gasteiger partial charge in [0.25, 0.3) is 5.78 Å². The van der Waals surface area contributed by atoms with Crippen LogP contribution in [0.5, 0.6) is 0 Å². The summed E-state index contributed by atoms with van der Waals surface area (Å²) >= 11 is 5.95. The van der Waals surface area contributed by atoms with E-state index in [1.807, 2.05) is 59.2 Å². The zero-order valence-corrected chi connectivity index (χ0v) is 11.5. The number of rotatable bonds is 2. The molecule has 0 unspecified atom stereocenters. The maximum absolute atomic E-state index is 5.95. The molecule has 0 aliphatic rings. The number of aromatic nitrogens is 6. The van der Waals surface area contributed by atoms with E-state index in [0.717, 1.165) is 17.1 Å². The topological polar surface area (TPSA) is 60.9 Å². The number of halogens is 1. The van der Waals surface area contributed by atoms with E-state index in [0.29, 0.717) is 10.8 Å². The number of hydrogen-bond donors (Lipinski definition) is 0. The number of fused-ring (bicyclic) bond motifs is 1. The van der Waals surface area contributed by atoms with Crippen molar-refractivity contribution in [2.75, 3.05) is 0 Å². The third-order valence-electron chi connectivity index (χ3n) is 3.16. The highest BCUT2D eigenvalue weighted by molar-refractivity contribution is 6.30. The smallest absolute Gasteiger partial charge is 0.258 e. The average Bonchev–Trinajstić information content (AvgIpc) is 3.09. The van der Waals surface area contributed by atoms with Crippen molar-refractivity contribution in [1.29, 1.82) is 0 Å². The Morgan fingerprint density at radius 2 is 1.67 bits per heavy atom. The third-order valence-corrected chi connectivity index (χ3v) is 3.41. The first-order valence-corrected chi connectivity index (χ1v) is 6.69. The predicted molar refractivity (Wildman–Crippen MR) is 78.4 cm³/mol. The maximum atomic E-state index is 5.95. The molecule has 0 fully saturated rings. The van der Waals surface area contributed by atoms with Crippen molar-refractivity contribution in [2.24, 2.45) is 0 Å². The Morgan fingerprint density at radius 1 is 0.905 bits per heavy atom. The lowest BCUT2D eigenvalue weighted by Gasteiger charge is -2.06. The van der Waals surface area contributed by atoms with E-state index in [9.17, 15) is 0 Å². The molecule has 102 valence electrons. The van der Waals surface area contributed by atoms with Crippen LogP contribution in [0.2, 0.25) is 5.02 Å². The molecule has 0 aliphatic heterocycles. The van der Waals surface area contributed by atoms with Crippen LogP contribution >= 0.6 is 11.6 Å². The Morgan fingerprint density at radius 3 is 2.43 bits per heavy atom. The fourth-order valence-corrected chi connectivity index (χ4v) is 2.33. The van der Waals surface area contributed by atoms with Gasteiger partial charge in [-0.3, -0.25) is 4.57 Å². The SMILES string of the molecule is Clc1ccc(-c2nn3nnnc3n2-c2ccccc2)cc1. The van der Waals surface area contributed by atoms with Gasteiger partial charge in [-0.2, -0.15) is 0 Å². The predicted octanol–water partition coefficient (Wildman–Crippen LogP) is 2.63. The van der Waals surface area contributed by atoms with Gasteiger partial charge in [-0.1, -0.05) is 39.5 Å². The van der Waals surface area contributed by atoms with Crippen LogP contribution in [0.15, 0.2) is 54.6 Å². The first-order chi connectivity index (χ1) is 10.3. The molecular weight excluding hydrogens is 288 g/mol. The molecule has 0 saturated carbocycles. The molecule has 0 spiro atoms. The van der Waals surface area contributed by atoms with Crippen molar-refractivity contribution in [3.8, 4) is 17.1 Å². The molecule has 7 heteroatoms. The van der Waals surface area contributed by atoms with Crippen LogP contribution in [0.3, 0.4) is 0 Å². The van der Waals surface area contributed by atoms with E-state index >= 15 is 0 Å². The molecule has 0 atom stereocenters. The van der Waals surface area contributed by atoms with Gasteiger partial charge in [0, 0.05) is 10.6 Å². The fraction of sp³-hybridized carbons (Fsp3) is 0. The van der Waals surface area contributed by atoms with Gasteiger partial charge in [0.15, 0.2) is 5.82 Å². The molecule has 0 saturated heterocycles. The Bertz CT molecular complexity index is 894. The average molecular weight is 297 g/mol. The maximum Gasteiger partial charge on any atom is 0.278 e.